The van der Waals surface area contributed by atoms with Crippen LogP contribution in [0.1, 0.15) is 44.9 Å². The largest absolute Gasteiger partial charge is 0.370 e. The molecule has 1 atom stereocenters. The van der Waals surface area contributed by atoms with Gasteiger partial charge in [-0.2, -0.15) is 0 Å². The Hall–Kier alpha value is -0.830. The van der Waals surface area contributed by atoms with E-state index in [0.29, 0.717) is 6.10 Å². The van der Waals surface area contributed by atoms with Gasteiger partial charge in [0, 0.05) is 18.9 Å². The molecule has 1 aliphatic heterocycles. The minimum atomic E-state index is 0.253. The number of hydrogen-bond acceptors (Lipinski definition) is 2. The van der Waals surface area contributed by atoms with E-state index in [1.165, 1.54) is 44.9 Å². The normalized spacial score (nSPS) is 28.6. The molecule has 0 N–H and O–H groups in total. The highest BCUT2D eigenvalue weighted by Crippen LogP contribution is 2.42. The average Bonchev–Trinajstić information content (AvgIpc) is 2.92. The molecule has 1 aliphatic carbocycles. The van der Waals surface area contributed by atoms with Crippen LogP contribution in [0.5, 0.6) is 0 Å². The van der Waals surface area contributed by atoms with E-state index < -0.39 is 0 Å². The maximum Gasteiger partial charge on any atom is 0.0946 e. The summed E-state index contributed by atoms with van der Waals surface area (Å²) in [4.78, 5) is 4.08. The van der Waals surface area contributed by atoms with E-state index in [-0.39, 0.29) is 5.60 Å². The molecule has 0 bridgehead atoms. The molecule has 88 valence electrons. The van der Waals surface area contributed by atoms with Crippen molar-refractivity contribution in [2.45, 2.75) is 63.2 Å². The zero-order valence-corrected chi connectivity index (χ0v) is 9.77. The Balaban J connectivity index is 1.60. The molecule has 1 saturated heterocycles. The molecule has 2 aliphatic rings. The Labute approximate surface area is 96.8 Å². The molecule has 2 fully saturated rings. The Bertz CT molecular complexity index is 328. The van der Waals surface area contributed by atoms with Crippen molar-refractivity contribution in [3.8, 4) is 0 Å². The van der Waals surface area contributed by atoms with Crippen LogP contribution in [0, 0.1) is 0 Å². The zero-order chi connectivity index (χ0) is 10.8. The molecule has 1 aromatic rings. The Kier molecular flexibility index (Phi) is 2.72. The maximum atomic E-state index is 6.31. The van der Waals surface area contributed by atoms with Crippen molar-refractivity contribution in [1.82, 2.24) is 9.55 Å². The fourth-order valence-corrected chi connectivity index (χ4v) is 3.22. The van der Waals surface area contributed by atoms with Crippen molar-refractivity contribution in [2.24, 2.45) is 0 Å². The Morgan fingerprint density at radius 3 is 2.88 bits per heavy atom. The topological polar surface area (TPSA) is 27.1 Å². The Morgan fingerprint density at radius 1 is 1.25 bits per heavy atom. The minimum Gasteiger partial charge on any atom is -0.370 e. The monoisotopic (exact) mass is 220 g/mol. The molecular formula is C13H20N2O. The van der Waals surface area contributed by atoms with Crippen molar-refractivity contribution >= 4 is 0 Å². The van der Waals surface area contributed by atoms with E-state index in [0.717, 1.165) is 6.54 Å². The molecule has 0 aromatic carbocycles. The molecule has 1 unspecified atom stereocenters. The van der Waals surface area contributed by atoms with Crippen LogP contribution in [0.2, 0.25) is 0 Å². The predicted octanol–water partition coefficient (Wildman–Crippen LogP) is 2.77. The quantitative estimate of drug-likeness (QED) is 0.766. The van der Waals surface area contributed by atoms with Crippen LogP contribution in [0.25, 0.3) is 0 Å². The molecular weight excluding hydrogens is 200 g/mol. The summed E-state index contributed by atoms with van der Waals surface area (Å²) in [6.07, 6.45) is 15.3. The van der Waals surface area contributed by atoms with Gasteiger partial charge in [-0.1, -0.05) is 19.3 Å². The van der Waals surface area contributed by atoms with E-state index >= 15 is 0 Å². The Morgan fingerprint density at radius 2 is 2.12 bits per heavy atom. The van der Waals surface area contributed by atoms with Gasteiger partial charge < -0.3 is 9.30 Å². The van der Waals surface area contributed by atoms with Crippen LogP contribution in [-0.4, -0.2) is 21.3 Å². The van der Waals surface area contributed by atoms with Crippen LogP contribution in [0.4, 0.5) is 0 Å². The third-order valence-electron chi connectivity index (χ3n) is 4.08. The lowest BCUT2D eigenvalue weighted by Crippen LogP contribution is -2.32. The van der Waals surface area contributed by atoms with Gasteiger partial charge in [-0.3, -0.25) is 0 Å². The molecule has 3 heteroatoms. The van der Waals surface area contributed by atoms with Gasteiger partial charge in [0.05, 0.1) is 18.0 Å². The molecule has 0 radical (unpaired) electrons. The van der Waals surface area contributed by atoms with E-state index in [4.69, 9.17) is 4.74 Å². The van der Waals surface area contributed by atoms with Gasteiger partial charge >= 0.3 is 0 Å². The average molecular weight is 220 g/mol. The van der Waals surface area contributed by atoms with Crippen molar-refractivity contribution in [3.63, 3.8) is 0 Å². The number of nitrogens with zero attached hydrogens (tertiary/aromatic N) is 2. The highest BCUT2D eigenvalue weighted by Gasteiger charge is 2.40. The summed E-state index contributed by atoms with van der Waals surface area (Å²) >= 11 is 0. The van der Waals surface area contributed by atoms with Crippen LogP contribution in [0.3, 0.4) is 0 Å². The number of hydrogen-bond donors (Lipinski definition) is 0. The summed E-state index contributed by atoms with van der Waals surface area (Å²) in [5.74, 6) is 0. The lowest BCUT2D eigenvalue weighted by Gasteiger charge is -2.33. The highest BCUT2D eigenvalue weighted by atomic mass is 16.5. The third kappa shape index (κ3) is 2.01. The first-order valence-corrected chi connectivity index (χ1v) is 6.50. The van der Waals surface area contributed by atoms with E-state index in [9.17, 15) is 0 Å². The summed E-state index contributed by atoms with van der Waals surface area (Å²) in [5.41, 5.74) is 0.253. The fraction of sp³-hybridized carbons (Fsp3) is 0.769. The lowest BCUT2D eigenvalue weighted by molar-refractivity contribution is -0.0679. The molecule has 1 spiro atoms. The van der Waals surface area contributed by atoms with Crippen molar-refractivity contribution < 1.29 is 4.74 Å². The first kappa shape index (κ1) is 10.3. The molecule has 3 rings (SSSR count). The lowest BCUT2D eigenvalue weighted by atomic mass is 9.83. The summed E-state index contributed by atoms with van der Waals surface area (Å²) in [5, 5.41) is 0. The van der Waals surface area contributed by atoms with Gasteiger partial charge in [-0.05, 0) is 25.7 Å². The summed E-state index contributed by atoms with van der Waals surface area (Å²) in [6, 6.07) is 0. The van der Waals surface area contributed by atoms with Crippen LogP contribution < -0.4 is 0 Å². The van der Waals surface area contributed by atoms with Crippen molar-refractivity contribution in [3.05, 3.63) is 18.7 Å². The molecule has 16 heavy (non-hydrogen) atoms. The number of imidazole rings is 1. The molecule has 3 nitrogen and oxygen atoms in total. The first-order chi connectivity index (χ1) is 7.86. The highest BCUT2D eigenvalue weighted by molar-refractivity contribution is 4.91. The van der Waals surface area contributed by atoms with E-state index in [1.54, 1.807) is 0 Å². The second kappa shape index (κ2) is 4.21. The smallest absolute Gasteiger partial charge is 0.0946 e. The SMILES string of the molecule is c1cn(CC2CCC3(CCCCC3)O2)cn1. The standard InChI is InChI=1S/C13H20N2O/c1-2-5-13(6-3-1)7-4-12(16-13)10-15-9-8-14-11-15/h8-9,11-12H,1-7,10H2. The second-order valence-corrected chi connectivity index (χ2v) is 5.28. The van der Waals surface area contributed by atoms with Gasteiger partial charge in [0.15, 0.2) is 0 Å². The predicted molar refractivity (Wildman–Crippen MR) is 62.2 cm³/mol. The van der Waals surface area contributed by atoms with Gasteiger partial charge in [-0.15, -0.1) is 0 Å². The van der Waals surface area contributed by atoms with Gasteiger partial charge in [-0.25, -0.2) is 4.98 Å². The number of ether oxygens (including phenoxy) is 1. The van der Waals surface area contributed by atoms with Crippen LogP contribution >= 0.6 is 0 Å². The molecule has 1 saturated carbocycles. The summed E-state index contributed by atoms with van der Waals surface area (Å²) in [6.45, 7) is 0.974. The zero-order valence-electron chi connectivity index (χ0n) is 9.77. The first-order valence-electron chi connectivity index (χ1n) is 6.50. The second-order valence-electron chi connectivity index (χ2n) is 5.28. The maximum absolute atomic E-state index is 6.31. The van der Waals surface area contributed by atoms with Gasteiger partial charge in [0.1, 0.15) is 0 Å². The van der Waals surface area contributed by atoms with Gasteiger partial charge in [0.2, 0.25) is 0 Å². The van der Waals surface area contributed by atoms with Crippen molar-refractivity contribution in [1.29, 1.82) is 0 Å². The minimum absolute atomic E-state index is 0.253. The van der Waals surface area contributed by atoms with E-state index in [2.05, 4.69) is 9.55 Å². The number of rotatable bonds is 2. The summed E-state index contributed by atoms with van der Waals surface area (Å²) < 4.78 is 8.45. The molecule has 0 amide bonds. The van der Waals surface area contributed by atoms with Gasteiger partial charge in [0.25, 0.3) is 0 Å². The van der Waals surface area contributed by atoms with Crippen LogP contribution in [-0.2, 0) is 11.3 Å². The van der Waals surface area contributed by atoms with Crippen LogP contribution in [0.15, 0.2) is 18.7 Å². The third-order valence-corrected chi connectivity index (χ3v) is 4.08. The molecule has 1 aromatic heterocycles. The number of aromatic nitrogens is 2. The molecule has 2 heterocycles. The fourth-order valence-electron chi connectivity index (χ4n) is 3.22. The van der Waals surface area contributed by atoms with E-state index in [1.807, 2.05) is 18.7 Å². The van der Waals surface area contributed by atoms with Crippen molar-refractivity contribution in [2.75, 3.05) is 0 Å². The summed E-state index contributed by atoms with van der Waals surface area (Å²) in [7, 11) is 0.